The van der Waals surface area contributed by atoms with E-state index in [2.05, 4.69) is 0 Å². The Kier molecular flexibility index (Phi) is 2.63. The van der Waals surface area contributed by atoms with Gasteiger partial charge in [0.25, 0.3) is 0 Å². The minimum atomic E-state index is -0.375. The maximum atomic E-state index is 10.2. The molecular formula is C7H7NO2Se. The maximum absolute atomic E-state index is 10.2. The first kappa shape index (κ1) is 8.24. The van der Waals surface area contributed by atoms with E-state index in [9.17, 15) is 10.1 Å². The predicted molar refractivity (Wildman–Crippen MR) is 44.0 cm³/mol. The van der Waals surface area contributed by atoms with Gasteiger partial charge in [0, 0.05) is 0 Å². The van der Waals surface area contributed by atoms with Crippen molar-refractivity contribution in [1.82, 2.24) is 0 Å². The summed E-state index contributed by atoms with van der Waals surface area (Å²) in [6.07, 6.45) is 1.59. The van der Waals surface area contributed by atoms with Crippen LogP contribution in [0.3, 0.4) is 0 Å². The molecule has 0 fully saturated rings. The zero-order valence-electron chi connectivity index (χ0n) is 5.98. The molecule has 0 saturated carbocycles. The zero-order valence-corrected chi connectivity index (χ0v) is 7.69. The van der Waals surface area contributed by atoms with Gasteiger partial charge in [-0.15, -0.1) is 0 Å². The molecule has 0 unspecified atom stereocenters. The van der Waals surface area contributed by atoms with Crippen LogP contribution in [0, 0.1) is 10.1 Å². The van der Waals surface area contributed by atoms with Crippen molar-refractivity contribution in [3.05, 3.63) is 37.3 Å². The molecule has 0 N–H and O–H groups in total. The van der Waals surface area contributed by atoms with Gasteiger partial charge in [0.1, 0.15) is 0 Å². The summed E-state index contributed by atoms with van der Waals surface area (Å²) in [4.78, 5) is 13.9. The molecule has 1 heterocycles. The molecule has 4 heteroatoms. The van der Waals surface area contributed by atoms with E-state index in [0.717, 1.165) is 5.56 Å². The van der Waals surface area contributed by atoms with Crippen molar-refractivity contribution < 1.29 is 4.92 Å². The Balaban J connectivity index is 2.82. The summed E-state index contributed by atoms with van der Waals surface area (Å²) in [5.41, 5.74) is 1.15. The fraction of sp³-hybridized carbons (Fsp3) is 0.143. The summed E-state index contributed by atoms with van der Waals surface area (Å²) < 4.78 is 0. The Labute approximate surface area is 70.2 Å². The van der Waals surface area contributed by atoms with Gasteiger partial charge in [0.05, 0.1) is 0 Å². The number of hydrogen-bond acceptors (Lipinski definition) is 2. The van der Waals surface area contributed by atoms with Crippen LogP contribution in [0.4, 0.5) is 0 Å². The van der Waals surface area contributed by atoms with E-state index in [-0.39, 0.29) is 10.6 Å². The van der Waals surface area contributed by atoms with Gasteiger partial charge in [0.15, 0.2) is 0 Å². The molecule has 0 aliphatic carbocycles. The van der Waals surface area contributed by atoms with Gasteiger partial charge in [-0.1, -0.05) is 0 Å². The Morgan fingerprint density at radius 2 is 2.55 bits per heavy atom. The van der Waals surface area contributed by atoms with Crippen molar-refractivity contribution >= 4 is 20.6 Å². The molecule has 0 spiro atoms. The van der Waals surface area contributed by atoms with Gasteiger partial charge in [-0.05, 0) is 0 Å². The first-order valence-corrected chi connectivity index (χ1v) is 5.03. The molecule has 0 aromatic carbocycles. The fourth-order valence-electron chi connectivity index (χ4n) is 0.651. The van der Waals surface area contributed by atoms with Gasteiger partial charge in [-0.25, -0.2) is 0 Å². The van der Waals surface area contributed by atoms with Crippen LogP contribution in [0.15, 0.2) is 21.6 Å². The SMILES string of the molecule is CC(=Cc1cc[se]c1)[N+](=O)[O-]. The van der Waals surface area contributed by atoms with Crippen molar-refractivity contribution in [3.63, 3.8) is 0 Å². The normalized spacial score (nSPS) is 11.5. The third-order valence-electron chi connectivity index (χ3n) is 1.21. The Morgan fingerprint density at radius 3 is 3.00 bits per heavy atom. The summed E-state index contributed by atoms with van der Waals surface area (Å²) in [6, 6.07) is 1.91. The molecule has 0 aliphatic rings. The molecular weight excluding hydrogens is 209 g/mol. The molecule has 3 nitrogen and oxygen atoms in total. The van der Waals surface area contributed by atoms with E-state index in [4.69, 9.17) is 0 Å². The topological polar surface area (TPSA) is 43.1 Å². The Morgan fingerprint density at radius 1 is 1.82 bits per heavy atom. The summed E-state index contributed by atoms with van der Waals surface area (Å²) in [6.45, 7) is 1.50. The fourth-order valence-corrected chi connectivity index (χ4v) is 1.95. The van der Waals surface area contributed by atoms with Crippen LogP contribution in [-0.4, -0.2) is 19.4 Å². The third kappa shape index (κ3) is 2.33. The second-order valence-corrected chi connectivity index (χ2v) is 3.74. The number of nitrogens with zero attached hydrogens (tertiary/aromatic N) is 1. The van der Waals surface area contributed by atoms with E-state index in [1.54, 1.807) is 6.08 Å². The second kappa shape index (κ2) is 3.51. The number of rotatable bonds is 2. The summed E-state index contributed by atoms with van der Waals surface area (Å²) in [7, 11) is 0. The third-order valence-corrected chi connectivity index (χ3v) is 2.68. The van der Waals surface area contributed by atoms with Crippen molar-refractivity contribution in [3.8, 4) is 0 Å². The average Bonchev–Trinajstić information content (AvgIpc) is 2.39. The molecule has 1 aromatic heterocycles. The van der Waals surface area contributed by atoms with E-state index in [0.29, 0.717) is 14.5 Å². The van der Waals surface area contributed by atoms with Crippen LogP contribution in [-0.2, 0) is 0 Å². The van der Waals surface area contributed by atoms with Crippen molar-refractivity contribution in [2.45, 2.75) is 6.92 Å². The molecule has 0 amide bonds. The Hall–Kier alpha value is -0.861. The summed E-state index contributed by atoms with van der Waals surface area (Å²) in [5, 5.41) is 10.2. The average molecular weight is 216 g/mol. The van der Waals surface area contributed by atoms with Crippen LogP contribution in [0.1, 0.15) is 12.5 Å². The molecule has 0 aliphatic heterocycles. The van der Waals surface area contributed by atoms with Crippen LogP contribution in [0.5, 0.6) is 0 Å². The van der Waals surface area contributed by atoms with Crippen LogP contribution >= 0.6 is 0 Å². The summed E-state index contributed by atoms with van der Waals surface area (Å²) in [5.74, 6) is 0. The van der Waals surface area contributed by atoms with Crippen molar-refractivity contribution in [2.75, 3.05) is 0 Å². The molecule has 0 bridgehead atoms. The van der Waals surface area contributed by atoms with Crippen molar-refractivity contribution in [2.24, 2.45) is 0 Å². The number of nitro groups is 1. The Bertz CT molecular complexity index is 277. The molecule has 0 saturated heterocycles. The van der Waals surface area contributed by atoms with Crippen LogP contribution in [0.2, 0.25) is 0 Å². The molecule has 11 heavy (non-hydrogen) atoms. The monoisotopic (exact) mass is 217 g/mol. The number of hydrogen-bond donors (Lipinski definition) is 0. The molecule has 0 atom stereocenters. The van der Waals surface area contributed by atoms with E-state index >= 15 is 0 Å². The zero-order chi connectivity index (χ0) is 8.27. The first-order valence-electron chi connectivity index (χ1n) is 3.05. The standard InChI is InChI=1S/C7H7NO2Se/c1-6(8(9)10)4-7-2-3-11-5-7/h2-5H,1H3. The van der Waals surface area contributed by atoms with Gasteiger partial charge >= 0.3 is 69.7 Å². The van der Waals surface area contributed by atoms with Crippen LogP contribution in [0.25, 0.3) is 6.08 Å². The molecule has 1 aromatic rings. The molecule has 1 rings (SSSR count). The number of allylic oxidation sites excluding steroid dienone is 1. The summed E-state index contributed by atoms with van der Waals surface area (Å²) >= 11 is 0.405. The van der Waals surface area contributed by atoms with Crippen molar-refractivity contribution in [1.29, 1.82) is 0 Å². The first-order chi connectivity index (χ1) is 5.20. The van der Waals surface area contributed by atoms with Gasteiger partial charge in [-0.3, -0.25) is 0 Å². The van der Waals surface area contributed by atoms with Gasteiger partial charge in [0.2, 0.25) is 0 Å². The quantitative estimate of drug-likeness (QED) is 0.425. The van der Waals surface area contributed by atoms with E-state index in [1.807, 2.05) is 15.9 Å². The molecule has 0 radical (unpaired) electrons. The van der Waals surface area contributed by atoms with E-state index in [1.165, 1.54) is 6.92 Å². The second-order valence-electron chi connectivity index (χ2n) is 2.10. The molecule has 58 valence electrons. The predicted octanol–water partition coefficient (Wildman–Crippen LogP) is 1.38. The minimum absolute atomic E-state index is 0.193. The van der Waals surface area contributed by atoms with E-state index < -0.39 is 0 Å². The van der Waals surface area contributed by atoms with Gasteiger partial charge < -0.3 is 0 Å². The van der Waals surface area contributed by atoms with Gasteiger partial charge in [-0.2, -0.15) is 0 Å². The van der Waals surface area contributed by atoms with Crippen LogP contribution < -0.4 is 0 Å².